The summed E-state index contributed by atoms with van der Waals surface area (Å²) in [6.45, 7) is 0. The quantitative estimate of drug-likeness (QED) is 0.569. The highest BCUT2D eigenvalue weighted by molar-refractivity contribution is 14.1. The second kappa shape index (κ2) is 5.91. The van der Waals surface area contributed by atoms with E-state index in [0.29, 0.717) is 9.13 Å². The first kappa shape index (κ1) is 14.3. The predicted octanol–water partition coefficient (Wildman–Crippen LogP) is 3.98. The van der Waals surface area contributed by atoms with Gasteiger partial charge in [0.25, 0.3) is 5.91 Å². The van der Waals surface area contributed by atoms with Gasteiger partial charge in [-0.3, -0.25) is 4.79 Å². The molecule has 0 bridgehead atoms. The van der Waals surface area contributed by atoms with Gasteiger partial charge in [0.1, 0.15) is 0 Å². The van der Waals surface area contributed by atoms with Crippen LogP contribution in [0.25, 0.3) is 0 Å². The van der Waals surface area contributed by atoms with Gasteiger partial charge in [0.15, 0.2) is 0 Å². The van der Waals surface area contributed by atoms with Crippen molar-refractivity contribution in [3.05, 3.63) is 55.8 Å². The van der Waals surface area contributed by atoms with Crippen LogP contribution in [0.15, 0.2) is 34.8 Å². The maximum atomic E-state index is 13.3. The minimum atomic E-state index is -1.06. The third kappa shape index (κ3) is 3.47. The lowest BCUT2D eigenvalue weighted by Crippen LogP contribution is -2.15. The van der Waals surface area contributed by atoms with Crippen LogP contribution in [0.2, 0.25) is 0 Å². The van der Waals surface area contributed by atoms with Crippen LogP contribution in [0.5, 0.6) is 0 Å². The number of amides is 1. The van der Waals surface area contributed by atoms with E-state index < -0.39 is 17.8 Å². The number of aromatic nitrogens is 1. The Morgan fingerprint density at radius 1 is 1.26 bits per heavy atom. The van der Waals surface area contributed by atoms with Gasteiger partial charge in [0, 0.05) is 8.04 Å². The molecule has 19 heavy (non-hydrogen) atoms. The molecule has 0 aliphatic rings. The molecule has 0 fully saturated rings. The molecule has 0 unspecified atom stereocenters. The zero-order chi connectivity index (χ0) is 14.0. The Morgan fingerprint density at radius 2 is 2.00 bits per heavy atom. The van der Waals surface area contributed by atoms with Crippen molar-refractivity contribution >= 4 is 50.1 Å². The van der Waals surface area contributed by atoms with Gasteiger partial charge in [-0.25, -0.2) is 0 Å². The molecule has 98 valence electrons. The van der Waals surface area contributed by atoms with E-state index in [9.17, 15) is 13.6 Å². The van der Waals surface area contributed by atoms with Gasteiger partial charge in [-0.15, -0.1) is 0 Å². The Kier molecular flexibility index (Phi) is 4.46. The average Bonchev–Trinajstić information content (AvgIpc) is 2.35. The lowest BCUT2D eigenvalue weighted by Gasteiger charge is -2.07. The molecule has 2 aromatic rings. The molecule has 0 aliphatic heterocycles. The van der Waals surface area contributed by atoms with Crippen molar-refractivity contribution in [3.8, 4) is 0 Å². The first-order valence-electron chi connectivity index (χ1n) is 5.06. The molecule has 1 amide bonds. The van der Waals surface area contributed by atoms with Crippen molar-refractivity contribution in [1.82, 2.24) is 4.98 Å². The van der Waals surface area contributed by atoms with Crippen LogP contribution in [0.3, 0.4) is 0 Å². The maximum absolute atomic E-state index is 13.3. The molecule has 1 aromatic carbocycles. The number of rotatable bonds is 2. The number of halogens is 4. The summed E-state index contributed by atoms with van der Waals surface area (Å²) >= 11 is 5.25. The number of pyridine rings is 1. The summed E-state index contributed by atoms with van der Waals surface area (Å²) in [5.74, 6) is -2.48. The van der Waals surface area contributed by atoms with Gasteiger partial charge in [0.05, 0.1) is 11.3 Å². The van der Waals surface area contributed by atoms with Crippen LogP contribution < -0.4 is 5.32 Å². The van der Waals surface area contributed by atoms with Crippen LogP contribution in [-0.4, -0.2) is 10.9 Å². The highest BCUT2D eigenvalue weighted by Crippen LogP contribution is 2.20. The lowest BCUT2D eigenvalue weighted by atomic mass is 10.2. The first-order valence-corrected chi connectivity index (χ1v) is 6.93. The van der Waals surface area contributed by atoms with Gasteiger partial charge in [-0.05, 0) is 52.9 Å². The Hall–Kier alpha value is -1.09. The largest absolute Gasteiger partial charge is 0.318 e. The predicted molar refractivity (Wildman–Crippen MR) is 79.0 cm³/mol. The van der Waals surface area contributed by atoms with Gasteiger partial charge in [0.2, 0.25) is 11.9 Å². The monoisotopic (exact) mass is 438 g/mol. The molecule has 2 rings (SSSR count). The number of hydrogen-bond acceptors (Lipinski definition) is 2. The third-order valence-electron chi connectivity index (χ3n) is 2.24. The number of nitrogens with one attached hydrogen (secondary N) is 1. The summed E-state index contributed by atoms with van der Waals surface area (Å²) in [7, 11) is 0. The van der Waals surface area contributed by atoms with Gasteiger partial charge < -0.3 is 5.32 Å². The molecular weight excluding hydrogens is 433 g/mol. The van der Waals surface area contributed by atoms with Crippen LogP contribution in [0, 0.1) is 15.5 Å². The van der Waals surface area contributed by atoms with E-state index in [1.54, 1.807) is 18.2 Å². The molecule has 1 N–H and O–H groups in total. The average molecular weight is 439 g/mol. The van der Waals surface area contributed by atoms with E-state index in [0.717, 1.165) is 16.6 Å². The Morgan fingerprint density at radius 3 is 2.68 bits per heavy atom. The van der Waals surface area contributed by atoms with Crippen LogP contribution >= 0.6 is 38.5 Å². The Bertz CT molecular complexity index is 652. The van der Waals surface area contributed by atoms with Gasteiger partial charge in [-0.2, -0.15) is 13.8 Å². The van der Waals surface area contributed by atoms with E-state index in [-0.39, 0.29) is 5.69 Å². The molecule has 0 spiro atoms. The van der Waals surface area contributed by atoms with Crippen molar-refractivity contribution < 1.29 is 13.6 Å². The summed E-state index contributed by atoms with van der Waals surface area (Å²) in [5.41, 5.74) is 0.223. The SMILES string of the molecule is O=C(Nc1ccc(F)nc1F)c1cc(Br)ccc1I. The van der Waals surface area contributed by atoms with Crippen LogP contribution in [0.4, 0.5) is 14.5 Å². The number of nitrogens with zero attached hydrogens (tertiary/aromatic N) is 1. The van der Waals surface area contributed by atoms with Crippen molar-refractivity contribution in [2.24, 2.45) is 0 Å². The lowest BCUT2D eigenvalue weighted by molar-refractivity contribution is 0.102. The van der Waals surface area contributed by atoms with E-state index in [1.807, 2.05) is 22.6 Å². The summed E-state index contributed by atoms with van der Waals surface area (Å²) in [6, 6.07) is 7.26. The Balaban J connectivity index is 2.28. The normalized spacial score (nSPS) is 10.3. The summed E-state index contributed by atoms with van der Waals surface area (Å²) < 4.78 is 27.4. The van der Waals surface area contributed by atoms with Gasteiger partial charge in [-0.1, -0.05) is 15.9 Å². The number of carbonyl (C=O) groups is 1. The smallest absolute Gasteiger partial charge is 0.256 e. The molecular formula is C12H6BrF2IN2O. The fraction of sp³-hybridized carbons (Fsp3) is 0. The summed E-state index contributed by atoms with van der Waals surface area (Å²) in [6.07, 6.45) is 0. The molecule has 0 saturated heterocycles. The van der Waals surface area contributed by atoms with Gasteiger partial charge >= 0.3 is 0 Å². The molecule has 1 aromatic heterocycles. The molecule has 0 saturated carbocycles. The molecule has 1 heterocycles. The molecule has 3 nitrogen and oxygen atoms in total. The van der Waals surface area contributed by atoms with Crippen LogP contribution in [-0.2, 0) is 0 Å². The zero-order valence-corrected chi connectivity index (χ0v) is 13.0. The second-order valence-corrected chi connectivity index (χ2v) is 5.63. The van der Waals surface area contributed by atoms with E-state index in [4.69, 9.17) is 0 Å². The highest BCUT2D eigenvalue weighted by Gasteiger charge is 2.14. The van der Waals surface area contributed by atoms with Crippen molar-refractivity contribution in [2.75, 3.05) is 5.32 Å². The molecule has 0 atom stereocenters. The van der Waals surface area contributed by atoms with E-state index in [2.05, 4.69) is 26.2 Å². The van der Waals surface area contributed by atoms with E-state index >= 15 is 0 Å². The number of benzene rings is 1. The number of hydrogen-bond donors (Lipinski definition) is 1. The maximum Gasteiger partial charge on any atom is 0.256 e. The molecule has 7 heteroatoms. The minimum absolute atomic E-state index is 0.165. The zero-order valence-electron chi connectivity index (χ0n) is 9.25. The summed E-state index contributed by atoms with van der Waals surface area (Å²) in [5, 5.41) is 2.35. The van der Waals surface area contributed by atoms with Crippen molar-refractivity contribution in [3.63, 3.8) is 0 Å². The fourth-order valence-corrected chi connectivity index (χ4v) is 2.31. The standard InChI is InChI=1S/C12H6BrF2IN2O/c13-6-1-2-8(16)7(5-6)12(19)17-9-3-4-10(14)18-11(9)15/h1-5H,(H,17,19). The van der Waals surface area contributed by atoms with Crippen molar-refractivity contribution in [2.45, 2.75) is 0 Å². The second-order valence-electron chi connectivity index (χ2n) is 3.55. The Labute approximate surface area is 129 Å². The van der Waals surface area contributed by atoms with Crippen molar-refractivity contribution in [1.29, 1.82) is 0 Å². The minimum Gasteiger partial charge on any atom is -0.318 e. The number of anilines is 1. The molecule has 0 radical (unpaired) electrons. The highest BCUT2D eigenvalue weighted by atomic mass is 127. The van der Waals surface area contributed by atoms with Crippen LogP contribution in [0.1, 0.15) is 10.4 Å². The third-order valence-corrected chi connectivity index (χ3v) is 3.67. The fourth-order valence-electron chi connectivity index (χ4n) is 1.37. The molecule has 0 aliphatic carbocycles. The topological polar surface area (TPSA) is 42.0 Å². The first-order chi connectivity index (χ1) is 8.97. The number of carbonyl (C=O) groups excluding carboxylic acids is 1. The van der Waals surface area contributed by atoms with E-state index in [1.165, 1.54) is 0 Å². The summed E-state index contributed by atoms with van der Waals surface area (Å²) in [4.78, 5) is 15.0.